The van der Waals surface area contributed by atoms with E-state index in [1.165, 1.54) is 5.32 Å². The Hall–Kier alpha value is -0.280. The lowest BCUT2D eigenvalue weighted by Crippen LogP contribution is -2.09. The summed E-state index contributed by atoms with van der Waals surface area (Å²) in [6, 6.07) is 0. The number of hydrogen-bond acceptors (Lipinski definition) is 2. The Kier molecular flexibility index (Phi) is 1.80. The van der Waals surface area contributed by atoms with Crippen molar-refractivity contribution in [3.8, 4) is 0 Å². The molecule has 0 aromatic heterocycles. The van der Waals surface area contributed by atoms with Gasteiger partial charge in [0.05, 0.1) is 0 Å². The summed E-state index contributed by atoms with van der Waals surface area (Å²) in [7, 11) is 0. The Morgan fingerprint density at radius 2 is 2.67 bits per heavy atom. The van der Waals surface area contributed by atoms with Gasteiger partial charge in [0.2, 0.25) is 0 Å². The van der Waals surface area contributed by atoms with E-state index in [0.717, 1.165) is 0 Å². The topological polar surface area (TPSA) is 49.3 Å². The number of carbonyl (C=O) groups is 1. The van der Waals surface area contributed by atoms with E-state index < -0.39 is 32.2 Å². The zero-order valence-corrected chi connectivity index (χ0v) is 5.08. The lowest BCUT2D eigenvalue weighted by atomic mass is 10.3. The second-order valence-corrected chi connectivity index (χ2v) is 0.805. The van der Waals surface area contributed by atoms with E-state index in [0.29, 0.717) is 0 Å². The summed E-state index contributed by atoms with van der Waals surface area (Å²) in [5, 5.41) is 9.74. The first-order chi connectivity index (χ1) is 7.15. The van der Waals surface area contributed by atoms with Gasteiger partial charge in [-0.3, -0.25) is 4.79 Å². The molecule has 0 aliphatic rings. The number of aliphatic carboxylic acids is 1. The summed E-state index contributed by atoms with van der Waals surface area (Å²) in [4.78, 5) is 10.5. The maximum Gasteiger partial charge on any atom is 0.303 e. The van der Waals surface area contributed by atoms with Crippen LogP contribution in [0.15, 0.2) is 0 Å². The van der Waals surface area contributed by atoms with Gasteiger partial charge in [0.25, 0.3) is 0 Å². The second-order valence-electron chi connectivity index (χ2n) is 0.805. The van der Waals surface area contributed by atoms with Crippen LogP contribution in [-0.4, -0.2) is 24.5 Å². The Morgan fingerprint density at radius 1 is 2.00 bits per heavy atom. The molecule has 0 fully saturated rings. The molecule has 3 nitrogen and oxygen atoms in total. The number of nitrogens with one attached hydrogen (secondary N) is 1. The van der Waals surface area contributed by atoms with Crippen LogP contribution in [0.5, 0.6) is 0 Å². The predicted molar refractivity (Wildman–Crippen MR) is 38.0 cm³/mol. The minimum absolute atomic E-state index is 0. The van der Waals surface area contributed by atoms with Crippen molar-refractivity contribution in [2.45, 2.75) is 12.7 Å². The fraction of sp³-hybridized carbons (Fsp3) is 0.800. The van der Waals surface area contributed by atoms with Crippen LogP contribution in [-0.2, 0) is 4.79 Å². The Bertz CT molecular complexity index is 315. The molecule has 56 valence electrons. The maximum absolute atomic E-state index is 10.5. The van der Waals surface area contributed by atoms with Crippen LogP contribution in [0.1, 0.15) is 25.1 Å². The molecule has 4 heteroatoms. The first kappa shape index (κ1) is 2.10. The Balaban J connectivity index is 0. The van der Waals surface area contributed by atoms with Crippen molar-refractivity contribution in [1.29, 1.82) is 0 Å². The molecule has 0 aromatic carbocycles. The van der Waals surface area contributed by atoms with Crippen molar-refractivity contribution in [3.63, 3.8) is 0 Å². The molecule has 9 heavy (non-hydrogen) atoms. The largest absolute Gasteiger partial charge is 0.481 e. The van der Waals surface area contributed by atoms with Gasteiger partial charge in [-0.25, -0.2) is 0 Å². The molecule has 0 spiro atoms. The highest BCUT2D eigenvalue weighted by atomic mass is 35.5. The van der Waals surface area contributed by atoms with Crippen LogP contribution in [0.4, 0.5) is 0 Å². The molecule has 0 heterocycles. The molecule has 0 saturated heterocycles. The van der Waals surface area contributed by atoms with Crippen LogP contribution in [0.2, 0.25) is 0 Å². The van der Waals surface area contributed by atoms with E-state index in [1.807, 2.05) is 0 Å². The normalized spacial score (nSPS) is 29.1. The van der Waals surface area contributed by atoms with Gasteiger partial charge in [-0.15, -0.1) is 12.4 Å². The fourth-order valence-corrected chi connectivity index (χ4v) is 0.116. The molecule has 0 aliphatic carbocycles. The highest BCUT2D eigenvalue weighted by Crippen LogP contribution is 1.83. The van der Waals surface area contributed by atoms with Gasteiger partial charge in [-0.1, -0.05) is 0 Å². The van der Waals surface area contributed by atoms with Gasteiger partial charge in [-0.05, 0) is 19.8 Å². The molecular weight excluding hydrogens is 142 g/mol. The predicted octanol–water partition coefficient (Wildman–Crippen LogP) is 0.492. The minimum Gasteiger partial charge on any atom is -0.481 e. The third kappa shape index (κ3) is 11.3. The highest BCUT2D eigenvalue weighted by molar-refractivity contribution is 5.85. The zero-order chi connectivity index (χ0) is 14.3. The summed E-state index contributed by atoms with van der Waals surface area (Å²) in [6.45, 7) is -6.47. The highest BCUT2D eigenvalue weighted by Gasteiger charge is 1.92. The summed E-state index contributed by atoms with van der Waals surface area (Å²) in [5.74, 6) is -2.22. The van der Waals surface area contributed by atoms with Crippen molar-refractivity contribution in [2.75, 3.05) is 13.5 Å². The summed E-state index contributed by atoms with van der Waals surface area (Å²) >= 11 is 0. The van der Waals surface area contributed by atoms with Crippen molar-refractivity contribution >= 4 is 18.4 Å². The fourth-order valence-electron chi connectivity index (χ4n) is 0.116. The van der Waals surface area contributed by atoms with Crippen LogP contribution in [0.3, 0.4) is 0 Å². The van der Waals surface area contributed by atoms with Gasteiger partial charge < -0.3 is 10.4 Å². The molecule has 2 N–H and O–H groups in total. The van der Waals surface area contributed by atoms with Gasteiger partial charge >= 0.3 is 5.97 Å². The minimum atomic E-state index is -3.59. The van der Waals surface area contributed by atoms with E-state index in [4.69, 9.17) is 17.4 Å². The quantitative estimate of drug-likeness (QED) is 0.633. The Labute approximate surface area is 73.5 Å². The molecular formula is C5H12ClNO2. The zero-order valence-electron chi connectivity index (χ0n) is 13.3. The van der Waals surface area contributed by atoms with E-state index >= 15 is 0 Å². The molecule has 0 aliphatic heterocycles. The van der Waals surface area contributed by atoms with E-state index in [2.05, 4.69) is 0 Å². The van der Waals surface area contributed by atoms with E-state index in [-0.39, 0.29) is 12.4 Å². The van der Waals surface area contributed by atoms with Crippen LogP contribution >= 0.6 is 12.4 Å². The molecule has 0 saturated carbocycles. The number of hydrogen-bond donors (Lipinski definition) is 2. The van der Waals surface area contributed by atoms with Crippen LogP contribution in [0, 0.1) is 0 Å². The average Bonchev–Trinajstić information content (AvgIpc) is 1.98. The smallest absolute Gasteiger partial charge is 0.303 e. The van der Waals surface area contributed by atoms with Crippen molar-refractivity contribution < 1.29 is 22.2 Å². The second kappa shape index (κ2) is 7.72. The molecule has 0 aromatic rings. The molecule has 0 radical (unpaired) electrons. The molecule has 0 rings (SSSR count). The summed E-state index contributed by atoms with van der Waals surface area (Å²) in [6.07, 6.45) is -7.17. The molecule has 0 unspecified atom stereocenters. The average molecular weight is 163 g/mol. The monoisotopic (exact) mass is 162 g/mol. The number of carboxylic acid groups (broad SMARTS) is 1. The first-order valence-corrected chi connectivity index (χ1v) is 1.68. The van der Waals surface area contributed by atoms with Crippen molar-refractivity contribution in [1.82, 2.24) is 5.32 Å². The molecule has 0 atom stereocenters. The van der Waals surface area contributed by atoms with Crippen LogP contribution < -0.4 is 5.32 Å². The molecule has 0 bridgehead atoms. The summed E-state index contributed by atoms with van der Waals surface area (Å²) < 4.78 is 62.8. The van der Waals surface area contributed by atoms with Gasteiger partial charge in [0.15, 0.2) is 0 Å². The standard InChI is InChI=1S/C5H11NO2.ClH/c1-6-4-2-3-5(7)8;/h6H,2-4H2,1H3,(H,7,8);1H/i1D3,2D2,3D2,4D2;. The molecule has 0 amide bonds. The lowest BCUT2D eigenvalue weighted by Gasteiger charge is -1.92. The SMILES string of the molecule is Cl.[2H]C([2H])([2H])NC([2H])([2H])C([2H])([2H])C([2H])([2H])C(=O)O. The first-order valence-electron chi connectivity index (χ1n) is 6.18. The number of halogens is 1. The third-order valence-corrected chi connectivity index (χ3v) is 0.294. The van der Waals surface area contributed by atoms with Gasteiger partial charge in [0.1, 0.15) is 0 Å². The van der Waals surface area contributed by atoms with E-state index in [1.54, 1.807) is 0 Å². The van der Waals surface area contributed by atoms with E-state index in [9.17, 15) is 4.79 Å². The van der Waals surface area contributed by atoms with Crippen molar-refractivity contribution in [3.05, 3.63) is 0 Å². The Morgan fingerprint density at radius 3 is 3.11 bits per heavy atom. The lowest BCUT2D eigenvalue weighted by molar-refractivity contribution is -0.137. The van der Waals surface area contributed by atoms with Crippen LogP contribution in [0.25, 0.3) is 0 Å². The maximum atomic E-state index is 10.5. The van der Waals surface area contributed by atoms with Crippen molar-refractivity contribution in [2.24, 2.45) is 0 Å². The number of carboxylic acids is 1. The third-order valence-electron chi connectivity index (χ3n) is 0.294. The summed E-state index contributed by atoms with van der Waals surface area (Å²) in [5.41, 5.74) is 0. The van der Waals surface area contributed by atoms with Gasteiger partial charge in [0, 0.05) is 18.7 Å². The number of rotatable bonds is 4. The van der Waals surface area contributed by atoms with Gasteiger partial charge in [-0.2, -0.15) is 0 Å².